The maximum Gasteiger partial charge on any atom is 0.228 e. The molecule has 5 heteroatoms. The smallest absolute Gasteiger partial charge is 0.228 e. The number of aromatic nitrogens is 1. The highest BCUT2D eigenvalue weighted by molar-refractivity contribution is 5.79. The van der Waals surface area contributed by atoms with Gasteiger partial charge in [0.05, 0.1) is 31.9 Å². The highest BCUT2D eigenvalue weighted by Crippen LogP contribution is 2.25. The van der Waals surface area contributed by atoms with Gasteiger partial charge in [0, 0.05) is 31.0 Å². The van der Waals surface area contributed by atoms with Gasteiger partial charge in [-0.15, -0.1) is 0 Å². The highest BCUT2D eigenvalue weighted by atomic mass is 16.5. The molecule has 0 radical (unpaired) electrons. The molecule has 5 nitrogen and oxygen atoms in total. The summed E-state index contributed by atoms with van der Waals surface area (Å²) in [5.41, 5.74) is 2.88. The molecule has 1 aliphatic rings. The molecule has 1 aromatic heterocycles. The van der Waals surface area contributed by atoms with Crippen molar-refractivity contribution in [3.63, 3.8) is 0 Å². The van der Waals surface area contributed by atoms with Gasteiger partial charge in [-0.3, -0.25) is 9.78 Å². The quantitative estimate of drug-likeness (QED) is 0.841. The number of carbonyl (C=O) groups excluding carboxylic acids is 1. The zero-order chi connectivity index (χ0) is 14.7. The molecule has 0 aliphatic carbocycles. The Labute approximate surface area is 119 Å². The van der Waals surface area contributed by atoms with Crippen molar-refractivity contribution >= 4 is 5.91 Å². The lowest BCUT2D eigenvalue weighted by Crippen LogP contribution is -2.33. The number of hydrogen-bond acceptors (Lipinski definition) is 4. The standard InChI is InChI=1S/C15H22N2O3/c1-10-7-16-13(11(2)14(10)19-4)8-17(3)15(18)12-5-6-20-9-12/h7,12H,5-6,8-9H2,1-4H3. The Morgan fingerprint density at radius 2 is 2.30 bits per heavy atom. The topological polar surface area (TPSA) is 51.7 Å². The molecule has 2 rings (SSSR count). The summed E-state index contributed by atoms with van der Waals surface area (Å²) in [7, 11) is 3.47. The molecule has 0 bridgehead atoms. The number of aryl methyl sites for hydroxylation is 1. The largest absolute Gasteiger partial charge is 0.496 e. The molecule has 110 valence electrons. The van der Waals surface area contributed by atoms with Crippen molar-refractivity contribution in [2.75, 3.05) is 27.4 Å². The van der Waals surface area contributed by atoms with E-state index in [1.54, 1.807) is 18.2 Å². The summed E-state index contributed by atoms with van der Waals surface area (Å²) < 4.78 is 10.7. The number of rotatable bonds is 4. The number of pyridine rings is 1. The first-order chi connectivity index (χ1) is 9.54. The van der Waals surface area contributed by atoms with Gasteiger partial charge in [0.1, 0.15) is 5.75 Å². The van der Waals surface area contributed by atoms with E-state index in [1.807, 2.05) is 20.9 Å². The third-order valence-corrected chi connectivity index (χ3v) is 3.79. The fraction of sp³-hybridized carbons (Fsp3) is 0.600. The Morgan fingerprint density at radius 1 is 1.55 bits per heavy atom. The Kier molecular flexibility index (Phi) is 4.60. The van der Waals surface area contributed by atoms with Crippen LogP contribution >= 0.6 is 0 Å². The van der Waals surface area contributed by atoms with Crippen LogP contribution in [0.1, 0.15) is 23.2 Å². The fourth-order valence-electron chi connectivity index (χ4n) is 2.57. The minimum atomic E-state index is -0.00681. The maximum absolute atomic E-state index is 12.3. The lowest BCUT2D eigenvalue weighted by Gasteiger charge is -2.21. The molecule has 0 saturated carbocycles. The van der Waals surface area contributed by atoms with Gasteiger partial charge >= 0.3 is 0 Å². The molecule has 1 amide bonds. The lowest BCUT2D eigenvalue weighted by molar-refractivity contribution is -0.134. The monoisotopic (exact) mass is 278 g/mol. The Bertz CT molecular complexity index is 496. The lowest BCUT2D eigenvalue weighted by atomic mass is 10.1. The van der Waals surface area contributed by atoms with E-state index >= 15 is 0 Å². The van der Waals surface area contributed by atoms with Crippen LogP contribution in [0.5, 0.6) is 5.75 Å². The van der Waals surface area contributed by atoms with Crippen molar-refractivity contribution in [1.29, 1.82) is 0 Å². The van der Waals surface area contributed by atoms with Crippen molar-refractivity contribution in [3.05, 3.63) is 23.0 Å². The summed E-state index contributed by atoms with van der Waals surface area (Å²) in [5, 5.41) is 0. The van der Waals surface area contributed by atoms with Crippen molar-refractivity contribution in [2.24, 2.45) is 5.92 Å². The first kappa shape index (κ1) is 14.8. The van der Waals surface area contributed by atoms with Gasteiger partial charge in [-0.2, -0.15) is 0 Å². The normalized spacial score (nSPS) is 18.1. The zero-order valence-corrected chi connectivity index (χ0v) is 12.6. The van der Waals surface area contributed by atoms with Crippen LogP contribution in [0.3, 0.4) is 0 Å². The second-order valence-corrected chi connectivity index (χ2v) is 5.30. The van der Waals surface area contributed by atoms with Crippen molar-refractivity contribution in [3.8, 4) is 5.75 Å². The van der Waals surface area contributed by atoms with E-state index in [2.05, 4.69) is 4.98 Å². The molecule has 1 unspecified atom stereocenters. The predicted octanol–water partition coefficient (Wildman–Crippen LogP) is 1.70. The molecule has 1 atom stereocenters. The van der Waals surface area contributed by atoms with E-state index in [4.69, 9.17) is 9.47 Å². The molecule has 1 saturated heterocycles. The van der Waals surface area contributed by atoms with Gasteiger partial charge in [0.15, 0.2) is 0 Å². The van der Waals surface area contributed by atoms with Gasteiger partial charge in [-0.25, -0.2) is 0 Å². The fourth-order valence-corrected chi connectivity index (χ4v) is 2.57. The second kappa shape index (κ2) is 6.22. The summed E-state index contributed by atoms with van der Waals surface area (Å²) in [6.07, 6.45) is 2.60. The van der Waals surface area contributed by atoms with E-state index in [-0.39, 0.29) is 11.8 Å². The summed E-state index contributed by atoms with van der Waals surface area (Å²) in [5.74, 6) is 0.968. The van der Waals surface area contributed by atoms with Crippen LogP contribution in [0.25, 0.3) is 0 Å². The molecule has 0 N–H and O–H groups in total. The minimum absolute atomic E-state index is 0.00681. The van der Waals surface area contributed by atoms with E-state index in [9.17, 15) is 4.79 Å². The SMILES string of the molecule is COc1c(C)cnc(CN(C)C(=O)C2CCOC2)c1C. The van der Waals surface area contributed by atoms with Crippen LogP contribution in [0.15, 0.2) is 6.20 Å². The number of amides is 1. The Hall–Kier alpha value is -1.62. The number of ether oxygens (including phenoxy) is 2. The summed E-state index contributed by atoms with van der Waals surface area (Å²) >= 11 is 0. The van der Waals surface area contributed by atoms with Crippen molar-refractivity contribution in [2.45, 2.75) is 26.8 Å². The summed E-state index contributed by atoms with van der Waals surface area (Å²) in [6.45, 7) is 5.66. The molecular weight excluding hydrogens is 256 g/mol. The molecule has 1 aliphatic heterocycles. The van der Waals surface area contributed by atoms with Crippen LogP contribution in [0.2, 0.25) is 0 Å². The first-order valence-electron chi connectivity index (χ1n) is 6.86. The van der Waals surface area contributed by atoms with Gasteiger partial charge < -0.3 is 14.4 Å². The number of hydrogen-bond donors (Lipinski definition) is 0. The van der Waals surface area contributed by atoms with Gasteiger partial charge in [-0.05, 0) is 20.3 Å². The van der Waals surface area contributed by atoms with Crippen molar-refractivity contribution < 1.29 is 14.3 Å². The third-order valence-electron chi connectivity index (χ3n) is 3.79. The number of nitrogens with zero attached hydrogens (tertiary/aromatic N) is 2. The van der Waals surface area contributed by atoms with Crippen LogP contribution in [0, 0.1) is 19.8 Å². The van der Waals surface area contributed by atoms with Crippen LogP contribution in [-0.4, -0.2) is 43.2 Å². The number of carbonyl (C=O) groups is 1. The first-order valence-corrected chi connectivity index (χ1v) is 6.86. The molecule has 1 fully saturated rings. The van der Waals surface area contributed by atoms with Crippen molar-refractivity contribution in [1.82, 2.24) is 9.88 Å². The molecule has 0 spiro atoms. The zero-order valence-electron chi connectivity index (χ0n) is 12.6. The average Bonchev–Trinajstić information content (AvgIpc) is 2.95. The third kappa shape index (κ3) is 2.93. The summed E-state index contributed by atoms with van der Waals surface area (Å²) in [6, 6.07) is 0. The van der Waals surface area contributed by atoms with E-state index < -0.39 is 0 Å². The Balaban J connectivity index is 2.11. The van der Waals surface area contributed by atoms with Gasteiger partial charge in [0.2, 0.25) is 5.91 Å². The van der Waals surface area contributed by atoms with E-state index in [0.29, 0.717) is 19.8 Å². The van der Waals surface area contributed by atoms with E-state index in [0.717, 1.165) is 29.0 Å². The highest BCUT2D eigenvalue weighted by Gasteiger charge is 2.26. The van der Waals surface area contributed by atoms with Crippen LogP contribution < -0.4 is 4.74 Å². The van der Waals surface area contributed by atoms with Gasteiger partial charge in [0.25, 0.3) is 0 Å². The van der Waals surface area contributed by atoms with Crippen LogP contribution in [-0.2, 0) is 16.1 Å². The van der Waals surface area contributed by atoms with Crippen LogP contribution in [0.4, 0.5) is 0 Å². The van der Waals surface area contributed by atoms with Gasteiger partial charge in [-0.1, -0.05) is 0 Å². The summed E-state index contributed by atoms with van der Waals surface area (Å²) in [4.78, 5) is 18.4. The molecule has 2 heterocycles. The molecule has 20 heavy (non-hydrogen) atoms. The Morgan fingerprint density at radius 3 is 2.90 bits per heavy atom. The average molecular weight is 278 g/mol. The number of methoxy groups -OCH3 is 1. The van der Waals surface area contributed by atoms with E-state index in [1.165, 1.54) is 0 Å². The molecular formula is C15H22N2O3. The molecule has 0 aromatic carbocycles. The minimum Gasteiger partial charge on any atom is -0.496 e. The maximum atomic E-state index is 12.3. The molecule has 1 aromatic rings. The predicted molar refractivity (Wildman–Crippen MR) is 75.7 cm³/mol. The second-order valence-electron chi connectivity index (χ2n) is 5.30.